The Morgan fingerprint density at radius 1 is 1.30 bits per heavy atom. The summed E-state index contributed by atoms with van der Waals surface area (Å²) in [4.78, 5) is 10.9. The van der Waals surface area contributed by atoms with E-state index in [1.54, 1.807) is 0 Å². The zero-order valence-electron chi connectivity index (χ0n) is 13.0. The zero-order valence-corrected chi connectivity index (χ0v) is 13.0. The lowest BCUT2D eigenvalue weighted by Gasteiger charge is -2.35. The molecule has 20 heavy (non-hydrogen) atoms. The summed E-state index contributed by atoms with van der Waals surface area (Å²) >= 11 is 0. The maximum atomic E-state index is 10.9. The minimum atomic E-state index is -0.718. The van der Waals surface area contributed by atoms with Crippen LogP contribution < -0.4 is 5.32 Å². The van der Waals surface area contributed by atoms with Crippen molar-refractivity contribution in [1.82, 2.24) is 5.32 Å². The van der Waals surface area contributed by atoms with E-state index < -0.39 is 11.6 Å². The predicted octanol–water partition coefficient (Wildman–Crippen LogP) is 2.94. The highest BCUT2D eigenvalue weighted by atomic mass is 16.4. The number of nitrogens with one attached hydrogen (secondary N) is 1. The van der Waals surface area contributed by atoms with E-state index in [1.165, 1.54) is 25.7 Å². The Morgan fingerprint density at radius 3 is 2.50 bits per heavy atom. The molecule has 1 unspecified atom stereocenters. The average Bonchev–Trinajstić information content (AvgIpc) is 2.42. The van der Waals surface area contributed by atoms with E-state index >= 15 is 0 Å². The maximum absolute atomic E-state index is 10.9. The fraction of sp³-hybridized carbons (Fsp3) is 0.938. The summed E-state index contributed by atoms with van der Waals surface area (Å²) in [7, 11) is 0. The largest absolute Gasteiger partial charge is 0.481 e. The Balaban J connectivity index is 2.19. The molecule has 0 aromatic rings. The van der Waals surface area contributed by atoms with Crippen LogP contribution in [0.3, 0.4) is 0 Å². The van der Waals surface area contributed by atoms with Crippen molar-refractivity contribution in [2.75, 3.05) is 6.54 Å². The molecule has 0 radical (unpaired) electrons. The Bertz CT molecular complexity index is 285. The molecule has 1 rings (SSSR count). The first-order chi connectivity index (χ1) is 9.47. The minimum absolute atomic E-state index is 0.262. The number of aliphatic carboxylic acids is 1. The van der Waals surface area contributed by atoms with Gasteiger partial charge in [-0.3, -0.25) is 4.79 Å². The Morgan fingerprint density at radius 2 is 1.95 bits per heavy atom. The van der Waals surface area contributed by atoms with E-state index in [0.717, 1.165) is 6.42 Å². The third kappa shape index (κ3) is 6.23. The van der Waals surface area contributed by atoms with Gasteiger partial charge in [0.05, 0.1) is 11.5 Å². The number of carboxylic acids is 1. The second kappa shape index (κ2) is 8.63. The summed E-state index contributed by atoms with van der Waals surface area (Å²) in [6, 6.07) is 0.424. The molecule has 0 saturated heterocycles. The van der Waals surface area contributed by atoms with Crippen LogP contribution in [0.4, 0.5) is 0 Å². The standard InChI is InChI=1S/C16H31NO3/c1-3-4-5-6-7-13(2)17-12-16(20)10-8-14(9-11-16)15(18)19/h13-14,17,20H,3-12H2,1-2H3,(H,18,19). The summed E-state index contributed by atoms with van der Waals surface area (Å²) in [5, 5.41) is 22.9. The first-order valence-corrected chi connectivity index (χ1v) is 8.15. The number of hydrogen-bond acceptors (Lipinski definition) is 3. The fourth-order valence-electron chi connectivity index (χ4n) is 2.92. The summed E-state index contributed by atoms with van der Waals surface area (Å²) in [6.45, 7) is 4.97. The first kappa shape index (κ1) is 17.4. The first-order valence-electron chi connectivity index (χ1n) is 8.15. The monoisotopic (exact) mass is 285 g/mol. The molecule has 0 spiro atoms. The Kier molecular flexibility index (Phi) is 7.52. The molecular formula is C16H31NO3. The number of unbranched alkanes of at least 4 members (excludes halogenated alkanes) is 3. The van der Waals surface area contributed by atoms with Gasteiger partial charge in [0.1, 0.15) is 0 Å². The van der Waals surface area contributed by atoms with E-state index in [9.17, 15) is 9.90 Å². The third-order valence-electron chi connectivity index (χ3n) is 4.54. The van der Waals surface area contributed by atoms with Gasteiger partial charge in [-0.15, -0.1) is 0 Å². The van der Waals surface area contributed by atoms with Crippen LogP contribution in [0.1, 0.15) is 71.6 Å². The summed E-state index contributed by atoms with van der Waals surface area (Å²) in [5.74, 6) is -0.981. The molecule has 118 valence electrons. The number of rotatable bonds is 9. The third-order valence-corrected chi connectivity index (χ3v) is 4.54. The number of aliphatic hydroxyl groups is 1. The highest BCUT2D eigenvalue weighted by Crippen LogP contribution is 2.31. The summed E-state index contributed by atoms with van der Waals surface area (Å²) in [5.41, 5.74) is -0.705. The van der Waals surface area contributed by atoms with Crippen molar-refractivity contribution in [3.8, 4) is 0 Å². The second-order valence-electron chi connectivity index (χ2n) is 6.47. The van der Waals surface area contributed by atoms with Gasteiger partial charge >= 0.3 is 5.97 Å². The van der Waals surface area contributed by atoms with Crippen molar-refractivity contribution in [1.29, 1.82) is 0 Å². The molecule has 0 aliphatic heterocycles. The van der Waals surface area contributed by atoms with Gasteiger partial charge < -0.3 is 15.5 Å². The van der Waals surface area contributed by atoms with Gasteiger partial charge in [0.25, 0.3) is 0 Å². The van der Waals surface area contributed by atoms with Crippen LogP contribution in [0, 0.1) is 5.92 Å². The molecule has 1 atom stereocenters. The molecule has 0 bridgehead atoms. The van der Waals surface area contributed by atoms with E-state index in [2.05, 4.69) is 19.2 Å². The van der Waals surface area contributed by atoms with Gasteiger partial charge in [0.15, 0.2) is 0 Å². The van der Waals surface area contributed by atoms with Gasteiger partial charge in [-0.1, -0.05) is 32.6 Å². The quantitative estimate of drug-likeness (QED) is 0.570. The number of hydrogen-bond donors (Lipinski definition) is 3. The summed E-state index contributed by atoms with van der Waals surface area (Å²) in [6.07, 6.45) is 8.61. The molecule has 1 fully saturated rings. The van der Waals surface area contributed by atoms with Gasteiger partial charge in [-0.05, 0) is 39.0 Å². The van der Waals surface area contributed by atoms with E-state index in [4.69, 9.17) is 5.11 Å². The van der Waals surface area contributed by atoms with Crippen LogP contribution in [0.5, 0.6) is 0 Å². The fourth-order valence-corrected chi connectivity index (χ4v) is 2.92. The lowest BCUT2D eigenvalue weighted by Crippen LogP contribution is -2.46. The Labute approximate surface area is 123 Å². The number of carboxylic acid groups (broad SMARTS) is 1. The van der Waals surface area contributed by atoms with E-state index in [1.807, 2.05) is 0 Å². The zero-order chi connectivity index (χ0) is 15.0. The van der Waals surface area contributed by atoms with Crippen molar-refractivity contribution >= 4 is 5.97 Å². The molecule has 0 heterocycles. The van der Waals surface area contributed by atoms with Crippen LogP contribution >= 0.6 is 0 Å². The average molecular weight is 285 g/mol. The van der Waals surface area contributed by atoms with Crippen LogP contribution in [-0.2, 0) is 4.79 Å². The van der Waals surface area contributed by atoms with Crippen LogP contribution in [0.15, 0.2) is 0 Å². The highest BCUT2D eigenvalue weighted by molar-refractivity contribution is 5.70. The second-order valence-corrected chi connectivity index (χ2v) is 6.47. The molecule has 0 amide bonds. The van der Waals surface area contributed by atoms with Crippen molar-refractivity contribution in [2.45, 2.75) is 83.3 Å². The number of carbonyl (C=O) groups is 1. The molecule has 0 aromatic carbocycles. The van der Waals surface area contributed by atoms with Crippen molar-refractivity contribution in [2.24, 2.45) is 5.92 Å². The topological polar surface area (TPSA) is 69.6 Å². The maximum Gasteiger partial charge on any atom is 0.306 e. The van der Waals surface area contributed by atoms with Crippen LogP contribution in [0.2, 0.25) is 0 Å². The van der Waals surface area contributed by atoms with E-state index in [-0.39, 0.29) is 5.92 Å². The predicted molar refractivity (Wildman–Crippen MR) is 80.8 cm³/mol. The van der Waals surface area contributed by atoms with Gasteiger partial charge in [-0.25, -0.2) is 0 Å². The van der Waals surface area contributed by atoms with Gasteiger partial charge in [0, 0.05) is 12.6 Å². The summed E-state index contributed by atoms with van der Waals surface area (Å²) < 4.78 is 0. The molecule has 0 aromatic heterocycles. The SMILES string of the molecule is CCCCCCC(C)NCC1(O)CCC(C(=O)O)CC1. The van der Waals surface area contributed by atoms with Crippen molar-refractivity contribution < 1.29 is 15.0 Å². The van der Waals surface area contributed by atoms with Gasteiger partial charge in [-0.2, -0.15) is 0 Å². The molecular weight excluding hydrogens is 254 g/mol. The molecule has 1 saturated carbocycles. The molecule has 1 aliphatic carbocycles. The molecule has 3 N–H and O–H groups in total. The smallest absolute Gasteiger partial charge is 0.306 e. The van der Waals surface area contributed by atoms with Crippen LogP contribution in [-0.4, -0.2) is 34.4 Å². The van der Waals surface area contributed by atoms with Gasteiger partial charge in [0.2, 0.25) is 0 Å². The molecule has 4 nitrogen and oxygen atoms in total. The molecule has 4 heteroatoms. The van der Waals surface area contributed by atoms with Crippen LogP contribution in [0.25, 0.3) is 0 Å². The molecule has 1 aliphatic rings. The van der Waals surface area contributed by atoms with Crippen molar-refractivity contribution in [3.05, 3.63) is 0 Å². The van der Waals surface area contributed by atoms with Crippen molar-refractivity contribution in [3.63, 3.8) is 0 Å². The Hall–Kier alpha value is -0.610. The van der Waals surface area contributed by atoms with E-state index in [0.29, 0.717) is 38.3 Å². The highest BCUT2D eigenvalue weighted by Gasteiger charge is 2.35. The lowest BCUT2D eigenvalue weighted by molar-refractivity contribution is -0.144. The normalized spacial score (nSPS) is 28.2. The lowest BCUT2D eigenvalue weighted by atomic mass is 9.78. The minimum Gasteiger partial charge on any atom is -0.481 e.